The highest BCUT2D eigenvalue weighted by Gasteiger charge is 2.25. The van der Waals surface area contributed by atoms with Crippen LogP contribution in [0.5, 0.6) is 6.01 Å². The van der Waals surface area contributed by atoms with Crippen LogP contribution in [0.1, 0.15) is 53.9 Å². The number of ether oxygens (including phenoxy) is 1. The molecular formula is C13H25N5O. The molecule has 0 aliphatic carbocycles. The molecular weight excluding hydrogens is 242 g/mol. The van der Waals surface area contributed by atoms with Crippen LogP contribution in [-0.4, -0.2) is 26.6 Å². The van der Waals surface area contributed by atoms with Crippen LogP contribution in [0.25, 0.3) is 0 Å². The molecule has 1 aromatic rings. The minimum absolute atomic E-state index is 0.00272. The highest BCUT2D eigenvalue weighted by molar-refractivity contribution is 5.35. The smallest absolute Gasteiger partial charge is 0.323 e. The van der Waals surface area contributed by atoms with Crippen LogP contribution >= 0.6 is 0 Å². The predicted octanol–water partition coefficient (Wildman–Crippen LogP) is 2.62. The summed E-state index contributed by atoms with van der Waals surface area (Å²) in [4.78, 5) is 12.4. The normalized spacial score (nSPS) is 11.7. The van der Waals surface area contributed by atoms with Gasteiger partial charge in [0.25, 0.3) is 0 Å². The van der Waals surface area contributed by atoms with Gasteiger partial charge in [0.15, 0.2) is 0 Å². The molecule has 0 bridgehead atoms. The lowest BCUT2D eigenvalue weighted by atomic mass is 9.90. The summed E-state index contributed by atoms with van der Waals surface area (Å²) in [6.45, 7) is 10.3. The summed E-state index contributed by atoms with van der Waals surface area (Å²) in [5.41, 5.74) is 5.69. The molecule has 1 rings (SSSR count). The first-order valence-electron chi connectivity index (χ1n) is 6.91. The maximum absolute atomic E-state index is 5.70. The largest absolute Gasteiger partial charge is 0.461 e. The fourth-order valence-electron chi connectivity index (χ4n) is 1.94. The zero-order valence-corrected chi connectivity index (χ0v) is 12.5. The summed E-state index contributed by atoms with van der Waals surface area (Å²) in [5, 5.41) is 3.37. The van der Waals surface area contributed by atoms with Gasteiger partial charge in [-0.3, -0.25) is 0 Å². The molecule has 108 valence electrons. The molecule has 1 heterocycles. The van der Waals surface area contributed by atoms with Crippen LogP contribution in [0, 0.1) is 0 Å². The first-order chi connectivity index (χ1) is 8.94. The van der Waals surface area contributed by atoms with E-state index in [1.165, 1.54) is 0 Å². The second-order valence-corrected chi connectivity index (χ2v) is 4.93. The average Bonchev–Trinajstić information content (AvgIpc) is 2.34. The second kappa shape index (κ2) is 6.54. The van der Waals surface area contributed by atoms with Gasteiger partial charge in [-0.05, 0) is 33.1 Å². The summed E-state index contributed by atoms with van der Waals surface area (Å²) in [6, 6.07) is 0.266. The molecule has 6 nitrogen and oxygen atoms in total. The van der Waals surface area contributed by atoms with Crippen molar-refractivity contribution in [1.82, 2.24) is 15.0 Å². The number of nitrogens with zero attached hydrogens (tertiary/aromatic N) is 3. The molecule has 0 saturated carbocycles. The molecule has 6 heteroatoms. The molecule has 1 aromatic heterocycles. The van der Waals surface area contributed by atoms with Crippen molar-refractivity contribution in [3.05, 3.63) is 0 Å². The Morgan fingerprint density at radius 3 is 2.16 bits per heavy atom. The molecule has 0 aliphatic heterocycles. The van der Waals surface area contributed by atoms with Crippen molar-refractivity contribution < 1.29 is 4.74 Å². The lowest BCUT2D eigenvalue weighted by Crippen LogP contribution is -2.37. The van der Waals surface area contributed by atoms with Crippen molar-refractivity contribution >= 4 is 11.9 Å². The predicted molar refractivity (Wildman–Crippen MR) is 77.2 cm³/mol. The summed E-state index contributed by atoms with van der Waals surface area (Å²) in [5.74, 6) is 0.652. The van der Waals surface area contributed by atoms with Crippen LogP contribution in [0.15, 0.2) is 0 Å². The van der Waals surface area contributed by atoms with Gasteiger partial charge in [-0.25, -0.2) is 0 Å². The van der Waals surface area contributed by atoms with E-state index in [1.807, 2.05) is 13.8 Å². The molecule has 0 fully saturated rings. The molecule has 0 aliphatic rings. The molecule has 0 aromatic carbocycles. The van der Waals surface area contributed by atoms with E-state index in [1.54, 1.807) is 0 Å². The molecule has 0 amide bonds. The third-order valence-corrected chi connectivity index (χ3v) is 3.38. The maximum atomic E-state index is 5.70. The Kier molecular flexibility index (Phi) is 5.32. The lowest BCUT2D eigenvalue weighted by Gasteiger charge is -2.31. The number of aromatic nitrogens is 3. The fraction of sp³-hybridized carbons (Fsp3) is 0.769. The van der Waals surface area contributed by atoms with E-state index in [9.17, 15) is 0 Å². The summed E-state index contributed by atoms with van der Waals surface area (Å²) >= 11 is 0. The first-order valence-corrected chi connectivity index (χ1v) is 6.91. The van der Waals surface area contributed by atoms with Crippen molar-refractivity contribution in [3.63, 3.8) is 0 Å². The van der Waals surface area contributed by atoms with Gasteiger partial charge in [0, 0.05) is 5.54 Å². The number of nitrogen functional groups attached to an aromatic ring is 1. The van der Waals surface area contributed by atoms with Gasteiger partial charge in [0.2, 0.25) is 11.9 Å². The Morgan fingerprint density at radius 2 is 1.68 bits per heavy atom. The summed E-state index contributed by atoms with van der Waals surface area (Å²) < 4.78 is 5.47. The van der Waals surface area contributed by atoms with Crippen LogP contribution in [0.2, 0.25) is 0 Å². The molecule has 0 radical (unpaired) electrons. The molecule has 0 spiro atoms. The maximum Gasteiger partial charge on any atom is 0.323 e. The topological polar surface area (TPSA) is 86.0 Å². The van der Waals surface area contributed by atoms with E-state index in [4.69, 9.17) is 10.5 Å². The standard InChI is InChI=1S/C13H25N5O/c1-6-13(7-2,8-3)18-11-15-10(14)16-12(17-11)19-9(4)5/h9H,6-8H2,1-5H3,(H3,14,15,16,17,18). The van der Waals surface area contributed by atoms with Crippen molar-refractivity contribution in [2.75, 3.05) is 11.1 Å². The minimum Gasteiger partial charge on any atom is -0.461 e. The first kappa shape index (κ1) is 15.5. The number of hydrogen-bond donors (Lipinski definition) is 2. The third kappa shape index (κ3) is 4.22. The van der Waals surface area contributed by atoms with E-state index < -0.39 is 0 Å². The highest BCUT2D eigenvalue weighted by Crippen LogP contribution is 2.24. The zero-order valence-electron chi connectivity index (χ0n) is 12.5. The summed E-state index contributed by atoms with van der Waals surface area (Å²) in [6.07, 6.45) is 2.98. The number of hydrogen-bond acceptors (Lipinski definition) is 6. The quantitative estimate of drug-likeness (QED) is 0.789. The summed E-state index contributed by atoms with van der Waals surface area (Å²) in [7, 11) is 0. The SMILES string of the molecule is CCC(CC)(CC)Nc1nc(N)nc(OC(C)C)n1. The monoisotopic (exact) mass is 267 g/mol. The zero-order chi connectivity index (χ0) is 14.5. The van der Waals surface area contributed by atoms with Gasteiger partial charge in [0.05, 0.1) is 6.10 Å². The second-order valence-electron chi connectivity index (χ2n) is 4.93. The van der Waals surface area contributed by atoms with Crippen molar-refractivity contribution in [2.24, 2.45) is 0 Å². The number of anilines is 2. The number of nitrogens with one attached hydrogen (secondary N) is 1. The van der Waals surface area contributed by atoms with Gasteiger partial charge in [-0.1, -0.05) is 20.8 Å². The Morgan fingerprint density at radius 1 is 1.11 bits per heavy atom. The van der Waals surface area contributed by atoms with Gasteiger partial charge in [0.1, 0.15) is 0 Å². The Bertz CT molecular complexity index is 396. The van der Waals surface area contributed by atoms with Crippen LogP contribution in [0.4, 0.5) is 11.9 Å². The van der Waals surface area contributed by atoms with E-state index in [2.05, 4.69) is 41.0 Å². The van der Waals surface area contributed by atoms with Crippen molar-refractivity contribution in [1.29, 1.82) is 0 Å². The third-order valence-electron chi connectivity index (χ3n) is 3.38. The Hall–Kier alpha value is -1.59. The van der Waals surface area contributed by atoms with E-state index in [0.29, 0.717) is 5.95 Å². The van der Waals surface area contributed by atoms with Gasteiger partial charge >= 0.3 is 6.01 Å². The Labute approximate surface area is 115 Å². The molecule has 0 saturated heterocycles. The molecule has 0 atom stereocenters. The highest BCUT2D eigenvalue weighted by atomic mass is 16.5. The Balaban J connectivity index is 2.97. The molecule has 3 N–H and O–H groups in total. The van der Waals surface area contributed by atoms with Crippen LogP contribution in [-0.2, 0) is 0 Å². The van der Waals surface area contributed by atoms with Crippen molar-refractivity contribution in [2.45, 2.75) is 65.5 Å². The fourth-order valence-corrected chi connectivity index (χ4v) is 1.94. The number of rotatable bonds is 7. The van der Waals surface area contributed by atoms with E-state index in [-0.39, 0.29) is 23.6 Å². The van der Waals surface area contributed by atoms with E-state index >= 15 is 0 Å². The van der Waals surface area contributed by atoms with Crippen LogP contribution < -0.4 is 15.8 Å². The van der Waals surface area contributed by atoms with Crippen molar-refractivity contribution in [3.8, 4) is 6.01 Å². The lowest BCUT2D eigenvalue weighted by molar-refractivity contribution is 0.222. The molecule has 0 unspecified atom stereocenters. The van der Waals surface area contributed by atoms with Gasteiger partial charge in [-0.2, -0.15) is 15.0 Å². The van der Waals surface area contributed by atoms with Gasteiger partial charge in [-0.15, -0.1) is 0 Å². The van der Waals surface area contributed by atoms with Gasteiger partial charge < -0.3 is 15.8 Å². The molecule has 19 heavy (non-hydrogen) atoms. The average molecular weight is 267 g/mol. The number of nitrogens with two attached hydrogens (primary N) is 1. The van der Waals surface area contributed by atoms with Crippen LogP contribution in [0.3, 0.4) is 0 Å². The van der Waals surface area contributed by atoms with E-state index in [0.717, 1.165) is 19.3 Å². The minimum atomic E-state index is -0.0110.